The van der Waals surface area contributed by atoms with E-state index in [0.717, 1.165) is 56.0 Å². The molecular formula is C44H42MnN8. The van der Waals surface area contributed by atoms with Crippen molar-refractivity contribution in [3.63, 3.8) is 0 Å². The Balaban J connectivity index is 0.00000400. The number of nitrogens with zero attached hydrogens (tertiary/aromatic N) is 6. The maximum absolute atomic E-state index is 5.57. The van der Waals surface area contributed by atoms with Crippen molar-refractivity contribution in [1.29, 1.82) is 0 Å². The molecule has 8 nitrogen and oxygen atoms in total. The van der Waals surface area contributed by atoms with Gasteiger partial charge in [0.15, 0.2) is 0 Å². The number of rotatable bonds is 4. The van der Waals surface area contributed by atoms with Crippen LogP contribution < -0.4 is 0 Å². The Morgan fingerprint density at radius 2 is 1.00 bits per heavy atom. The summed E-state index contributed by atoms with van der Waals surface area (Å²) < 4.78 is 0. The van der Waals surface area contributed by atoms with Crippen LogP contribution in [0, 0.1) is 0 Å². The largest absolute Gasteiger partial charge is 0.370 e. The first-order valence-corrected chi connectivity index (χ1v) is 17.9. The van der Waals surface area contributed by atoms with Gasteiger partial charge in [-0.15, -0.1) is 0 Å². The van der Waals surface area contributed by atoms with Crippen molar-refractivity contribution in [1.82, 2.24) is 39.5 Å². The average Bonchev–Trinajstić information content (AvgIpc) is 3.95. The van der Waals surface area contributed by atoms with Crippen LogP contribution in [0.1, 0.15) is 57.6 Å². The minimum absolute atomic E-state index is 0. The van der Waals surface area contributed by atoms with Crippen molar-refractivity contribution in [2.75, 3.05) is 28.2 Å². The number of aromatic nitrogens is 4. The van der Waals surface area contributed by atoms with Crippen LogP contribution in [0.4, 0.5) is 0 Å². The van der Waals surface area contributed by atoms with Crippen molar-refractivity contribution < 1.29 is 17.1 Å². The van der Waals surface area contributed by atoms with Gasteiger partial charge in [0.2, 0.25) is 0 Å². The molecule has 265 valence electrons. The van der Waals surface area contributed by atoms with Crippen molar-refractivity contribution in [2.24, 2.45) is 0 Å². The number of nitrogens with one attached hydrogen (secondary N) is 2. The Morgan fingerprint density at radius 3 is 1.57 bits per heavy atom. The first-order valence-electron chi connectivity index (χ1n) is 17.9. The fourth-order valence-corrected chi connectivity index (χ4v) is 8.05. The fourth-order valence-electron chi connectivity index (χ4n) is 8.05. The van der Waals surface area contributed by atoms with Gasteiger partial charge < -0.3 is 29.6 Å². The van der Waals surface area contributed by atoms with E-state index >= 15 is 0 Å². The van der Waals surface area contributed by atoms with Gasteiger partial charge in [0.05, 0.1) is 52.5 Å². The summed E-state index contributed by atoms with van der Waals surface area (Å²) in [6.45, 7) is 0. The fraction of sp³-hybridized carbons (Fsp3) is 0.182. The van der Waals surface area contributed by atoms with Crippen molar-refractivity contribution in [3.8, 4) is 0 Å². The molecule has 0 amide bonds. The smallest absolute Gasteiger partial charge is 0.0770 e. The molecule has 0 saturated carbocycles. The number of hydrogen-bond donors (Lipinski definition) is 2. The molecule has 6 aliphatic rings. The molecule has 9 rings (SSSR count). The summed E-state index contributed by atoms with van der Waals surface area (Å²) in [5.41, 5.74) is 12.5. The zero-order valence-electron chi connectivity index (χ0n) is 30.2. The summed E-state index contributed by atoms with van der Waals surface area (Å²) >= 11 is 0. The molecule has 2 N–H and O–H groups in total. The molecule has 4 atom stereocenters. The summed E-state index contributed by atoms with van der Waals surface area (Å²) in [5, 5.41) is 0. The summed E-state index contributed by atoms with van der Waals surface area (Å²) in [6.07, 6.45) is 41.2. The SMILES string of the molecule is CN1C=CC=CC1C1=Cc2cc3ccc(cc4nc(cc5[nH]c(c(C6C=CC=CN6C)c1n2)c(C1C=CC=CN1C)c5C1C=CC=CN1C)C=C4)[nH]3.[Mn]. The number of H-pyrrole nitrogens is 2. The minimum atomic E-state index is -0.0970. The van der Waals surface area contributed by atoms with Crippen LogP contribution in [0.25, 0.3) is 45.9 Å². The molecule has 3 aromatic heterocycles. The molecule has 3 aromatic rings. The van der Waals surface area contributed by atoms with Gasteiger partial charge in [0.1, 0.15) is 0 Å². The number of likely N-dealkylation sites (N-methyl/N-ethyl adjacent to an activating group) is 4. The molecule has 9 heteroatoms. The van der Waals surface area contributed by atoms with Gasteiger partial charge in [-0.3, -0.25) is 0 Å². The predicted octanol–water partition coefficient (Wildman–Crippen LogP) is 8.58. The van der Waals surface area contributed by atoms with E-state index in [0.29, 0.717) is 0 Å². The van der Waals surface area contributed by atoms with Crippen LogP contribution in [0.3, 0.4) is 0 Å². The van der Waals surface area contributed by atoms with Gasteiger partial charge in [-0.1, -0.05) is 48.6 Å². The first-order chi connectivity index (χ1) is 25.4. The third kappa shape index (κ3) is 6.26. The maximum Gasteiger partial charge on any atom is 0.0770 e. The van der Waals surface area contributed by atoms with Crippen LogP contribution >= 0.6 is 0 Å². The molecule has 0 fully saturated rings. The quantitative estimate of drug-likeness (QED) is 0.205. The minimum Gasteiger partial charge on any atom is -0.370 e. The van der Waals surface area contributed by atoms with Gasteiger partial charge in [0.25, 0.3) is 0 Å². The average molecular weight is 738 g/mol. The van der Waals surface area contributed by atoms with Gasteiger partial charge in [-0.2, -0.15) is 0 Å². The van der Waals surface area contributed by atoms with E-state index in [1.165, 1.54) is 11.1 Å². The predicted molar refractivity (Wildman–Crippen MR) is 214 cm³/mol. The number of aromatic amines is 2. The van der Waals surface area contributed by atoms with Crippen LogP contribution in [0.5, 0.6) is 0 Å². The zero-order chi connectivity index (χ0) is 35.3. The zero-order valence-corrected chi connectivity index (χ0v) is 31.4. The molecular weight excluding hydrogens is 695 g/mol. The number of allylic oxidation sites excluding steroid dienone is 8. The first kappa shape index (κ1) is 34.3. The summed E-state index contributed by atoms with van der Waals surface area (Å²) in [7, 11) is 8.62. The van der Waals surface area contributed by atoms with E-state index in [1.807, 2.05) is 0 Å². The van der Waals surface area contributed by atoms with Crippen LogP contribution in [0.15, 0.2) is 128 Å². The van der Waals surface area contributed by atoms with Crippen LogP contribution in [-0.4, -0.2) is 73.8 Å². The Kier molecular flexibility index (Phi) is 9.06. The molecule has 4 unspecified atom stereocenters. The van der Waals surface area contributed by atoms with E-state index in [4.69, 9.17) is 9.97 Å². The molecule has 53 heavy (non-hydrogen) atoms. The molecule has 9 heterocycles. The molecule has 8 bridgehead atoms. The topological polar surface area (TPSA) is 70.3 Å². The van der Waals surface area contributed by atoms with Crippen LogP contribution in [-0.2, 0) is 17.1 Å². The second-order valence-electron chi connectivity index (χ2n) is 14.1. The maximum atomic E-state index is 5.57. The van der Waals surface area contributed by atoms with E-state index in [-0.39, 0.29) is 41.2 Å². The molecule has 0 aromatic carbocycles. The standard InChI is InChI=1S/C44H42N8.Mn/c1-49-21-9-5-13-36(49)34-27-33-26-31-18-17-29(45-31)25-30-19-20-32(46-30)28-35-40(37-14-6-10-22-50(37)2)41(38-15-7-11-23-51(38)3)44(48-35)42(43(34)47-33)39-16-8-12-24-52(39)4;/h5-28,36-39,45,48H,1-4H3;. The Bertz CT molecular complexity index is 2430. The third-order valence-corrected chi connectivity index (χ3v) is 10.6. The Hall–Kier alpha value is -5.76. The molecule has 6 aliphatic heterocycles. The molecule has 0 saturated heterocycles. The normalized spacial score (nSPS) is 22.6. The number of hydrogen-bond acceptors (Lipinski definition) is 6. The van der Waals surface area contributed by atoms with Crippen molar-refractivity contribution in [2.45, 2.75) is 24.2 Å². The van der Waals surface area contributed by atoms with E-state index < -0.39 is 0 Å². The second kappa shape index (κ2) is 14.0. The van der Waals surface area contributed by atoms with Crippen molar-refractivity contribution >= 4 is 45.9 Å². The van der Waals surface area contributed by atoms with Crippen molar-refractivity contribution in [3.05, 3.63) is 168 Å². The van der Waals surface area contributed by atoms with Crippen LogP contribution in [0.2, 0.25) is 0 Å². The van der Waals surface area contributed by atoms with E-state index in [9.17, 15) is 0 Å². The molecule has 0 spiro atoms. The second-order valence-corrected chi connectivity index (χ2v) is 14.1. The van der Waals surface area contributed by atoms with E-state index in [1.54, 1.807) is 0 Å². The Labute approximate surface area is 321 Å². The summed E-state index contributed by atoms with van der Waals surface area (Å²) in [4.78, 5) is 27.5. The van der Waals surface area contributed by atoms with Gasteiger partial charge in [-0.25, -0.2) is 9.97 Å². The number of fused-ring (bicyclic) bond motifs is 8. The molecule has 1 radical (unpaired) electrons. The third-order valence-electron chi connectivity index (χ3n) is 10.6. The monoisotopic (exact) mass is 737 g/mol. The Morgan fingerprint density at radius 1 is 0.509 bits per heavy atom. The summed E-state index contributed by atoms with van der Waals surface area (Å²) in [6, 6.07) is 10.5. The van der Waals surface area contributed by atoms with E-state index in [2.05, 4.69) is 204 Å². The van der Waals surface area contributed by atoms with Gasteiger partial charge >= 0.3 is 0 Å². The molecule has 0 aliphatic carbocycles. The van der Waals surface area contributed by atoms with Gasteiger partial charge in [0, 0.05) is 84.1 Å². The van der Waals surface area contributed by atoms with Gasteiger partial charge in [-0.05, 0) is 97.7 Å². The summed E-state index contributed by atoms with van der Waals surface area (Å²) in [5.74, 6) is 0.